The Labute approximate surface area is 76.7 Å². The molecule has 0 rings (SSSR count). The lowest BCUT2D eigenvalue weighted by molar-refractivity contribution is 0.0610. The van der Waals surface area contributed by atoms with E-state index in [0.717, 1.165) is 12.3 Å². The van der Waals surface area contributed by atoms with E-state index in [0.29, 0.717) is 12.1 Å². The molecule has 0 amide bonds. The van der Waals surface area contributed by atoms with Gasteiger partial charge in [0.2, 0.25) is 0 Å². The molecule has 0 radical (unpaired) electrons. The fourth-order valence-corrected chi connectivity index (χ4v) is 1.58. The van der Waals surface area contributed by atoms with Crippen LogP contribution in [-0.4, -0.2) is 26.3 Å². The number of rotatable bonds is 6. The molecule has 0 aliphatic rings. The van der Waals surface area contributed by atoms with E-state index in [4.69, 9.17) is 4.74 Å². The van der Waals surface area contributed by atoms with Crippen molar-refractivity contribution in [1.29, 1.82) is 0 Å². The second-order valence-corrected chi connectivity index (χ2v) is 3.71. The first-order valence-corrected chi connectivity index (χ1v) is 4.85. The third-order valence-electron chi connectivity index (χ3n) is 2.25. The van der Waals surface area contributed by atoms with Crippen LogP contribution in [0.2, 0.25) is 0 Å². The van der Waals surface area contributed by atoms with Crippen LogP contribution >= 0.6 is 0 Å². The van der Waals surface area contributed by atoms with E-state index in [1.807, 2.05) is 7.05 Å². The molecule has 2 nitrogen and oxygen atoms in total. The van der Waals surface area contributed by atoms with Crippen LogP contribution in [0.25, 0.3) is 0 Å². The smallest absolute Gasteiger partial charge is 0.0721 e. The zero-order valence-corrected chi connectivity index (χ0v) is 9.05. The van der Waals surface area contributed by atoms with Gasteiger partial charge >= 0.3 is 0 Å². The first kappa shape index (κ1) is 11.9. The first-order valence-electron chi connectivity index (χ1n) is 4.85. The van der Waals surface area contributed by atoms with E-state index in [1.54, 1.807) is 7.11 Å². The standard InChI is InChI=1S/C10H23NO/c1-6-10(12-5)9(11-4)7-8(2)3/h8-11H,6-7H2,1-5H3. The summed E-state index contributed by atoms with van der Waals surface area (Å²) in [6, 6.07) is 0.500. The summed E-state index contributed by atoms with van der Waals surface area (Å²) < 4.78 is 5.39. The van der Waals surface area contributed by atoms with Gasteiger partial charge in [0.25, 0.3) is 0 Å². The zero-order chi connectivity index (χ0) is 9.56. The third kappa shape index (κ3) is 4.07. The number of likely N-dealkylation sites (N-methyl/N-ethyl adjacent to an activating group) is 1. The van der Waals surface area contributed by atoms with E-state index >= 15 is 0 Å². The Morgan fingerprint density at radius 3 is 2.17 bits per heavy atom. The van der Waals surface area contributed by atoms with Crippen LogP contribution in [0.5, 0.6) is 0 Å². The lowest BCUT2D eigenvalue weighted by Crippen LogP contribution is -2.39. The van der Waals surface area contributed by atoms with Crippen LogP contribution in [0.15, 0.2) is 0 Å². The number of nitrogens with one attached hydrogen (secondary N) is 1. The molecule has 0 spiro atoms. The van der Waals surface area contributed by atoms with Gasteiger partial charge in [0, 0.05) is 13.2 Å². The van der Waals surface area contributed by atoms with Gasteiger partial charge in [-0.1, -0.05) is 20.8 Å². The Balaban J connectivity index is 3.92. The summed E-state index contributed by atoms with van der Waals surface area (Å²) in [5.41, 5.74) is 0. The summed E-state index contributed by atoms with van der Waals surface area (Å²) in [7, 11) is 3.80. The van der Waals surface area contributed by atoms with Gasteiger partial charge in [-0.2, -0.15) is 0 Å². The van der Waals surface area contributed by atoms with E-state index in [2.05, 4.69) is 26.1 Å². The maximum absolute atomic E-state index is 5.39. The fraction of sp³-hybridized carbons (Fsp3) is 1.00. The highest BCUT2D eigenvalue weighted by molar-refractivity contribution is 4.75. The topological polar surface area (TPSA) is 21.3 Å². The molecular weight excluding hydrogens is 150 g/mol. The van der Waals surface area contributed by atoms with Crippen LogP contribution in [0.1, 0.15) is 33.6 Å². The van der Waals surface area contributed by atoms with Gasteiger partial charge in [-0.25, -0.2) is 0 Å². The SMILES string of the molecule is CCC(OC)C(CC(C)C)NC. The quantitative estimate of drug-likeness (QED) is 0.663. The summed E-state index contributed by atoms with van der Waals surface area (Å²) in [6.07, 6.45) is 2.62. The molecular formula is C10H23NO. The summed E-state index contributed by atoms with van der Waals surface area (Å²) in [5, 5.41) is 3.31. The molecule has 2 unspecified atom stereocenters. The van der Waals surface area contributed by atoms with Crippen molar-refractivity contribution in [2.24, 2.45) is 5.92 Å². The van der Waals surface area contributed by atoms with E-state index in [-0.39, 0.29) is 0 Å². The minimum Gasteiger partial charge on any atom is -0.380 e. The lowest BCUT2D eigenvalue weighted by atomic mass is 9.98. The highest BCUT2D eigenvalue weighted by Gasteiger charge is 2.18. The Bertz CT molecular complexity index is 100. The second-order valence-electron chi connectivity index (χ2n) is 3.71. The van der Waals surface area contributed by atoms with Gasteiger partial charge in [-0.05, 0) is 25.8 Å². The van der Waals surface area contributed by atoms with Crippen molar-refractivity contribution in [1.82, 2.24) is 5.32 Å². The maximum Gasteiger partial charge on any atom is 0.0721 e. The molecule has 0 aromatic heterocycles. The maximum atomic E-state index is 5.39. The van der Waals surface area contributed by atoms with E-state index in [9.17, 15) is 0 Å². The van der Waals surface area contributed by atoms with Crippen LogP contribution in [-0.2, 0) is 4.74 Å². The van der Waals surface area contributed by atoms with Crippen molar-refractivity contribution in [3.63, 3.8) is 0 Å². The lowest BCUT2D eigenvalue weighted by Gasteiger charge is -2.26. The Kier molecular flexibility index (Phi) is 6.39. The van der Waals surface area contributed by atoms with Crippen molar-refractivity contribution in [3.8, 4) is 0 Å². The molecule has 74 valence electrons. The molecule has 1 N–H and O–H groups in total. The fourth-order valence-electron chi connectivity index (χ4n) is 1.58. The van der Waals surface area contributed by atoms with E-state index < -0.39 is 0 Å². The summed E-state index contributed by atoms with van der Waals surface area (Å²) >= 11 is 0. The molecule has 0 fully saturated rings. The van der Waals surface area contributed by atoms with Gasteiger partial charge in [0.1, 0.15) is 0 Å². The predicted octanol–water partition coefficient (Wildman–Crippen LogP) is 2.05. The summed E-state index contributed by atoms with van der Waals surface area (Å²) in [4.78, 5) is 0. The van der Waals surface area contributed by atoms with Crippen LogP contribution in [0.3, 0.4) is 0 Å². The van der Waals surface area contributed by atoms with E-state index in [1.165, 1.54) is 6.42 Å². The van der Waals surface area contributed by atoms with Crippen molar-refractivity contribution >= 4 is 0 Å². The van der Waals surface area contributed by atoms with Crippen molar-refractivity contribution < 1.29 is 4.74 Å². The number of ether oxygens (including phenoxy) is 1. The summed E-state index contributed by atoms with van der Waals surface area (Å²) in [6.45, 7) is 6.65. The van der Waals surface area contributed by atoms with Gasteiger partial charge in [-0.15, -0.1) is 0 Å². The molecule has 0 aliphatic carbocycles. The monoisotopic (exact) mass is 173 g/mol. The molecule has 0 heterocycles. The minimum atomic E-state index is 0.359. The Morgan fingerprint density at radius 1 is 1.33 bits per heavy atom. The van der Waals surface area contributed by atoms with Gasteiger partial charge in [0.05, 0.1) is 6.10 Å². The van der Waals surface area contributed by atoms with Crippen molar-refractivity contribution in [2.75, 3.05) is 14.2 Å². The second kappa shape index (κ2) is 6.44. The van der Waals surface area contributed by atoms with Gasteiger partial charge in [-0.3, -0.25) is 0 Å². The molecule has 2 heteroatoms. The average Bonchev–Trinajstić information content (AvgIpc) is 2.04. The molecule has 0 bridgehead atoms. The predicted molar refractivity (Wildman–Crippen MR) is 53.4 cm³/mol. The van der Waals surface area contributed by atoms with Gasteiger partial charge < -0.3 is 10.1 Å². The Morgan fingerprint density at radius 2 is 1.92 bits per heavy atom. The number of hydrogen-bond acceptors (Lipinski definition) is 2. The molecule has 0 aliphatic heterocycles. The van der Waals surface area contributed by atoms with Crippen LogP contribution in [0, 0.1) is 5.92 Å². The third-order valence-corrected chi connectivity index (χ3v) is 2.25. The number of hydrogen-bond donors (Lipinski definition) is 1. The van der Waals surface area contributed by atoms with Gasteiger partial charge in [0.15, 0.2) is 0 Å². The molecule has 0 saturated heterocycles. The zero-order valence-electron chi connectivity index (χ0n) is 9.05. The molecule has 0 aromatic carbocycles. The first-order chi connectivity index (χ1) is 5.65. The summed E-state index contributed by atoms with van der Waals surface area (Å²) in [5.74, 6) is 0.728. The van der Waals surface area contributed by atoms with Crippen molar-refractivity contribution in [3.05, 3.63) is 0 Å². The highest BCUT2D eigenvalue weighted by Crippen LogP contribution is 2.12. The normalized spacial score (nSPS) is 16.5. The highest BCUT2D eigenvalue weighted by atomic mass is 16.5. The number of methoxy groups -OCH3 is 1. The molecule has 12 heavy (non-hydrogen) atoms. The average molecular weight is 173 g/mol. The molecule has 0 saturated carbocycles. The largest absolute Gasteiger partial charge is 0.380 e. The molecule has 2 atom stereocenters. The van der Waals surface area contributed by atoms with Crippen molar-refractivity contribution in [2.45, 2.75) is 45.8 Å². The van der Waals surface area contributed by atoms with Crippen LogP contribution in [0.4, 0.5) is 0 Å². The minimum absolute atomic E-state index is 0.359. The van der Waals surface area contributed by atoms with Crippen LogP contribution < -0.4 is 5.32 Å². The molecule has 0 aromatic rings. The Hall–Kier alpha value is -0.0800.